The molecule has 1 aromatic carbocycles. The van der Waals surface area contributed by atoms with Crippen molar-refractivity contribution in [2.75, 3.05) is 22.1 Å². The van der Waals surface area contributed by atoms with Gasteiger partial charge in [-0.3, -0.25) is 0 Å². The van der Waals surface area contributed by atoms with E-state index in [1.807, 2.05) is 17.8 Å². The highest BCUT2D eigenvalue weighted by Gasteiger charge is 2.28. The molecule has 0 aromatic heterocycles. The molecule has 1 aromatic rings. The van der Waals surface area contributed by atoms with Crippen molar-refractivity contribution in [2.24, 2.45) is 0 Å². The van der Waals surface area contributed by atoms with E-state index < -0.39 is 5.97 Å². The number of nitrogens with zero attached hydrogens (tertiary/aromatic N) is 1. The second kappa shape index (κ2) is 5.10. The quantitative estimate of drug-likeness (QED) is 0.804. The summed E-state index contributed by atoms with van der Waals surface area (Å²) in [6.45, 7) is 4.26. The molecule has 98 valence electrons. The average Bonchev–Trinajstić information content (AvgIpc) is 2.30. The Morgan fingerprint density at radius 3 is 2.56 bits per heavy atom. The van der Waals surface area contributed by atoms with Gasteiger partial charge in [-0.15, -0.1) is 0 Å². The molecule has 0 amide bonds. The van der Waals surface area contributed by atoms with E-state index in [9.17, 15) is 9.90 Å². The summed E-state index contributed by atoms with van der Waals surface area (Å²) in [4.78, 5) is 13.5. The Balaban J connectivity index is 2.45. The Bertz CT molecular complexity index is 454. The van der Waals surface area contributed by atoms with Gasteiger partial charge in [0.05, 0.1) is 11.3 Å². The molecule has 0 saturated carbocycles. The Morgan fingerprint density at radius 2 is 2.00 bits per heavy atom. The van der Waals surface area contributed by atoms with Crippen LogP contribution < -0.4 is 10.6 Å². The summed E-state index contributed by atoms with van der Waals surface area (Å²) >= 11 is 1.91. The summed E-state index contributed by atoms with van der Waals surface area (Å²) in [6.07, 6.45) is 0. The van der Waals surface area contributed by atoms with Gasteiger partial charge in [0.25, 0.3) is 0 Å². The smallest absolute Gasteiger partial charge is 0.337 e. The van der Waals surface area contributed by atoms with Gasteiger partial charge in [-0.2, -0.15) is 11.8 Å². The molecule has 18 heavy (non-hydrogen) atoms. The lowest BCUT2D eigenvalue weighted by atomic mass is 10.1. The van der Waals surface area contributed by atoms with E-state index in [0.717, 1.165) is 17.2 Å². The molecule has 1 heterocycles. The molecule has 0 spiro atoms. The standard InChI is InChI=1S/C13H18N2O2S/c1-8-6-18-7-9(2)15(8)12-4-3-10(14)5-11(12)13(16)17/h3-5,8-9H,6-7,14H2,1-2H3,(H,16,17). The molecule has 2 atom stereocenters. The van der Waals surface area contributed by atoms with E-state index >= 15 is 0 Å². The van der Waals surface area contributed by atoms with Crippen LogP contribution in [-0.4, -0.2) is 34.7 Å². The number of aromatic carboxylic acids is 1. The molecule has 1 aliphatic rings. The first-order chi connectivity index (χ1) is 8.50. The lowest BCUT2D eigenvalue weighted by molar-refractivity contribution is 0.0697. The SMILES string of the molecule is CC1CSCC(C)N1c1ccc(N)cc1C(=O)O. The van der Waals surface area contributed by atoms with Crippen molar-refractivity contribution < 1.29 is 9.90 Å². The minimum absolute atomic E-state index is 0.292. The van der Waals surface area contributed by atoms with Gasteiger partial charge >= 0.3 is 5.97 Å². The van der Waals surface area contributed by atoms with Gasteiger partial charge < -0.3 is 15.7 Å². The molecule has 0 radical (unpaired) electrons. The monoisotopic (exact) mass is 266 g/mol. The Labute approximate surface area is 111 Å². The first-order valence-corrected chi connectivity index (χ1v) is 7.15. The maximum Gasteiger partial charge on any atom is 0.337 e. The van der Waals surface area contributed by atoms with Crippen molar-refractivity contribution in [3.63, 3.8) is 0 Å². The minimum atomic E-state index is -0.921. The number of rotatable bonds is 2. The van der Waals surface area contributed by atoms with Gasteiger partial charge in [0.2, 0.25) is 0 Å². The molecule has 1 saturated heterocycles. The summed E-state index contributed by atoms with van der Waals surface area (Å²) < 4.78 is 0. The zero-order valence-corrected chi connectivity index (χ0v) is 11.4. The third-order valence-corrected chi connectivity index (χ3v) is 4.63. The average molecular weight is 266 g/mol. The van der Waals surface area contributed by atoms with Gasteiger partial charge in [0.1, 0.15) is 0 Å². The predicted molar refractivity (Wildman–Crippen MR) is 76.5 cm³/mol. The molecule has 2 rings (SSSR count). The van der Waals surface area contributed by atoms with E-state index in [2.05, 4.69) is 18.7 Å². The number of nitrogen functional groups attached to an aromatic ring is 1. The summed E-state index contributed by atoms with van der Waals surface area (Å²) in [5.41, 5.74) is 7.23. The zero-order chi connectivity index (χ0) is 13.3. The number of anilines is 2. The first-order valence-electron chi connectivity index (χ1n) is 5.99. The van der Waals surface area contributed by atoms with Crippen LogP contribution in [0, 0.1) is 0 Å². The summed E-state index contributed by atoms with van der Waals surface area (Å²) in [6, 6.07) is 5.80. The molecular weight excluding hydrogens is 248 g/mol. The third-order valence-electron chi connectivity index (χ3n) is 3.20. The van der Waals surface area contributed by atoms with Gasteiger partial charge in [0, 0.05) is 29.3 Å². The number of hydrogen-bond acceptors (Lipinski definition) is 4. The van der Waals surface area contributed by atoms with Gasteiger partial charge in [-0.25, -0.2) is 4.79 Å². The van der Waals surface area contributed by atoms with Crippen LogP contribution in [0.3, 0.4) is 0 Å². The predicted octanol–water partition coefficient (Wildman–Crippen LogP) is 2.30. The second-order valence-electron chi connectivity index (χ2n) is 4.72. The number of thioether (sulfide) groups is 1. The molecule has 2 unspecified atom stereocenters. The van der Waals surface area contributed by atoms with Crippen LogP contribution in [0.25, 0.3) is 0 Å². The van der Waals surface area contributed by atoms with Crippen LogP contribution >= 0.6 is 11.8 Å². The molecule has 4 nitrogen and oxygen atoms in total. The number of nitrogens with two attached hydrogens (primary N) is 1. The number of carbonyl (C=O) groups is 1. The Kier molecular flexibility index (Phi) is 3.71. The number of benzene rings is 1. The molecular formula is C13H18N2O2S. The van der Waals surface area contributed by atoms with Crippen LogP contribution in [0.1, 0.15) is 24.2 Å². The van der Waals surface area contributed by atoms with Crippen molar-refractivity contribution in [2.45, 2.75) is 25.9 Å². The summed E-state index contributed by atoms with van der Waals surface area (Å²) in [7, 11) is 0. The maximum atomic E-state index is 11.3. The minimum Gasteiger partial charge on any atom is -0.478 e. The molecule has 0 bridgehead atoms. The lowest BCUT2D eigenvalue weighted by Crippen LogP contribution is -2.47. The van der Waals surface area contributed by atoms with E-state index in [1.54, 1.807) is 12.1 Å². The van der Waals surface area contributed by atoms with Crippen molar-refractivity contribution in [3.05, 3.63) is 23.8 Å². The van der Waals surface area contributed by atoms with Crippen LogP contribution in [0.4, 0.5) is 11.4 Å². The second-order valence-corrected chi connectivity index (χ2v) is 5.80. The van der Waals surface area contributed by atoms with E-state index in [4.69, 9.17) is 5.73 Å². The van der Waals surface area contributed by atoms with Crippen LogP contribution in [-0.2, 0) is 0 Å². The van der Waals surface area contributed by atoms with Crippen molar-refractivity contribution >= 4 is 29.1 Å². The van der Waals surface area contributed by atoms with Crippen molar-refractivity contribution in [3.8, 4) is 0 Å². The number of carboxylic acid groups (broad SMARTS) is 1. The Morgan fingerprint density at radius 1 is 1.39 bits per heavy atom. The summed E-state index contributed by atoms with van der Waals surface area (Å²) in [5, 5.41) is 9.31. The molecule has 1 aliphatic heterocycles. The number of hydrogen-bond donors (Lipinski definition) is 2. The normalized spacial score (nSPS) is 24.0. The largest absolute Gasteiger partial charge is 0.478 e. The zero-order valence-electron chi connectivity index (χ0n) is 10.6. The highest BCUT2D eigenvalue weighted by Crippen LogP contribution is 2.31. The third kappa shape index (κ3) is 2.41. The highest BCUT2D eigenvalue weighted by molar-refractivity contribution is 7.99. The Hall–Kier alpha value is -1.36. The van der Waals surface area contributed by atoms with Crippen LogP contribution in [0.2, 0.25) is 0 Å². The maximum absolute atomic E-state index is 11.3. The van der Waals surface area contributed by atoms with Gasteiger partial charge in [0.15, 0.2) is 0 Å². The van der Waals surface area contributed by atoms with Crippen LogP contribution in [0.15, 0.2) is 18.2 Å². The van der Waals surface area contributed by atoms with E-state index in [-0.39, 0.29) is 0 Å². The molecule has 1 fully saturated rings. The van der Waals surface area contributed by atoms with Crippen LogP contribution in [0.5, 0.6) is 0 Å². The lowest BCUT2D eigenvalue weighted by Gasteiger charge is -2.41. The van der Waals surface area contributed by atoms with Crippen molar-refractivity contribution in [1.82, 2.24) is 0 Å². The fourth-order valence-corrected chi connectivity index (χ4v) is 3.57. The number of carboxylic acids is 1. The topological polar surface area (TPSA) is 66.6 Å². The summed E-state index contributed by atoms with van der Waals surface area (Å²) in [5.74, 6) is 1.12. The highest BCUT2D eigenvalue weighted by atomic mass is 32.2. The van der Waals surface area contributed by atoms with Gasteiger partial charge in [-0.05, 0) is 32.0 Å². The van der Waals surface area contributed by atoms with E-state index in [0.29, 0.717) is 23.3 Å². The molecule has 3 N–H and O–H groups in total. The van der Waals surface area contributed by atoms with E-state index in [1.165, 1.54) is 0 Å². The molecule has 5 heteroatoms. The first kappa shape index (κ1) is 13.1. The van der Waals surface area contributed by atoms with Gasteiger partial charge in [-0.1, -0.05) is 0 Å². The molecule has 0 aliphatic carbocycles. The fourth-order valence-electron chi connectivity index (χ4n) is 2.43. The van der Waals surface area contributed by atoms with Crippen molar-refractivity contribution in [1.29, 1.82) is 0 Å². The fraction of sp³-hybridized carbons (Fsp3) is 0.462.